The molecule has 2 aromatic rings. The van der Waals surface area contributed by atoms with Crippen LogP contribution in [0.4, 0.5) is 0 Å². The molecule has 1 saturated heterocycles. The van der Waals surface area contributed by atoms with Crippen molar-refractivity contribution in [3.8, 4) is 0 Å². The van der Waals surface area contributed by atoms with Crippen molar-refractivity contribution in [1.82, 2.24) is 9.97 Å². The largest absolute Gasteiger partial charge is 0.465 e. The molecule has 2 heterocycles. The molecule has 1 aromatic carbocycles. The Bertz CT molecular complexity index is 814. The quantitative estimate of drug-likeness (QED) is 0.438. The monoisotopic (exact) mass is 390 g/mol. The number of ether oxygens (including phenoxy) is 2. The van der Waals surface area contributed by atoms with Crippen LogP contribution in [0.5, 0.6) is 0 Å². The molecule has 3 rings (SSSR count). The van der Waals surface area contributed by atoms with Crippen molar-refractivity contribution >= 4 is 34.7 Å². The lowest BCUT2D eigenvalue weighted by Gasteiger charge is -2.38. The number of nitrogens with zero attached hydrogens (tertiary/aromatic N) is 1. The number of thioether (sulfide) groups is 1. The first-order valence-electron chi connectivity index (χ1n) is 9.30. The Hall–Kier alpha value is -2.02. The fourth-order valence-electron chi connectivity index (χ4n) is 3.53. The summed E-state index contributed by atoms with van der Waals surface area (Å²) in [7, 11) is 0. The smallest absolute Gasteiger partial charge is 0.324 e. The predicted molar refractivity (Wildman–Crippen MR) is 104 cm³/mol. The van der Waals surface area contributed by atoms with E-state index >= 15 is 0 Å². The van der Waals surface area contributed by atoms with E-state index < -0.39 is 22.8 Å². The Morgan fingerprint density at radius 1 is 1.41 bits per heavy atom. The van der Waals surface area contributed by atoms with Crippen LogP contribution in [0.3, 0.4) is 0 Å². The second-order valence-corrected chi connectivity index (χ2v) is 8.47. The average Bonchev–Trinajstić information content (AvgIpc) is 3.21. The molecule has 1 aliphatic rings. The Balaban J connectivity index is 1.76. The van der Waals surface area contributed by atoms with Crippen molar-refractivity contribution in [3.63, 3.8) is 0 Å². The third kappa shape index (κ3) is 3.45. The number of aromatic nitrogens is 2. The molecule has 0 bridgehead atoms. The van der Waals surface area contributed by atoms with Crippen LogP contribution in [-0.2, 0) is 19.1 Å². The number of hydrogen-bond donors (Lipinski definition) is 1. The van der Waals surface area contributed by atoms with E-state index in [-0.39, 0.29) is 12.7 Å². The minimum absolute atomic E-state index is 0.242. The number of cyclic esters (lactones) is 1. The van der Waals surface area contributed by atoms with Crippen molar-refractivity contribution in [1.29, 1.82) is 0 Å². The fourth-order valence-corrected chi connectivity index (χ4v) is 4.41. The maximum Gasteiger partial charge on any atom is 0.324 e. The normalized spacial score (nSPS) is 22.8. The number of para-hydroxylation sites is 2. The molecule has 1 fully saturated rings. The average molecular weight is 391 g/mol. The van der Waals surface area contributed by atoms with Crippen LogP contribution >= 0.6 is 11.8 Å². The third-order valence-electron chi connectivity index (χ3n) is 5.59. The lowest BCUT2D eigenvalue weighted by atomic mass is 9.62. The van der Waals surface area contributed by atoms with Crippen molar-refractivity contribution in [2.75, 3.05) is 12.4 Å². The van der Waals surface area contributed by atoms with Crippen LogP contribution in [0.1, 0.15) is 40.5 Å². The number of imidazole rings is 1. The Morgan fingerprint density at radius 3 is 2.81 bits per heavy atom. The first-order chi connectivity index (χ1) is 12.8. The summed E-state index contributed by atoms with van der Waals surface area (Å²) in [5.41, 5.74) is 0.0687. The highest BCUT2D eigenvalue weighted by Crippen LogP contribution is 2.51. The zero-order valence-electron chi connectivity index (χ0n) is 16.2. The van der Waals surface area contributed by atoms with Crippen molar-refractivity contribution in [3.05, 3.63) is 24.3 Å². The number of hydrogen-bond acceptors (Lipinski definition) is 6. The maximum atomic E-state index is 12.8. The molecule has 0 radical (unpaired) electrons. The van der Waals surface area contributed by atoms with Gasteiger partial charge in [0.2, 0.25) is 0 Å². The number of carbonyl (C=O) groups excluding carboxylic acids is 2. The van der Waals surface area contributed by atoms with E-state index in [0.717, 1.165) is 16.2 Å². The van der Waals surface area contributed by atoms with Gasteiger partial charge in [-0.05, 0) is 30.9 Å². The molecule has 7 heteroatoms. The van der Waals surface area contributed by atoms with E-state index in [1.807, 2.05) is 45.0 Å². The lowest BCUT2D eigenvalue weighted by molar-refractivity contribution is -0.173. The number of rotatable bonds is 7. The summed E-state index contributed by atoms with van der Waals surface area (Å²) in [5.74, 6) is -0.409. The molecular weight excluding hydrogens is 364 g/mol. The molecule has 27 heavy (non-hydrogen) atoms. The van der Waals surface area contributed by atoms with Crippen LogP contribution in [0.25, 0.3) is 11.0 Å². The molecule has 0 aliphatic carbocycles. The lowest BCUT2D eigenvalue weighted by Crippen LogP contribution is -2.49. The van der Waals surface area contributed by atoms with Gasteiger partial charge in [0.05, 0.1) is 17.6 Å². The van der Waals surface area contributed by atoms with Crippen LogP contribution in [0, 0.1) is 10.8 Å². The standard InChI is InChI=1S/C20H26N2O4S/c1-5-19(3,4)20(16(23)25-6-2)11-13(26-17(20)24)12-27-18-21-14-9-7-8-10-15(14)22-18/h7-10,13H,5-6,11-12H2,1-4H3,(H,21,22)/t13-,20+/m0/s1. The van der Waals surface area contributed by atoms with Gasteiger partial charge in [0.25, 0.3) is 0 Å². The second-order valence-electron chi connectivity index (χ2n) is 7.46. The van der Waals surface area contributed by atoms with E-state index in [4.69, 9.17) is 9.47 Å². The van der Waals surface area contributed by atoms with Gasteiger partial charge in [0, 0.05) is 12.2 Å². The number of esters is 2. The number of H-pyrrole nitrogens is 1. The van der Waals surface area contributed by atoms with Gasteiger partial charge >= 0.3 is 11.9 Å². The summed E-state index contributed by atoms with van der Waals surface area (Å²) >= 11 is 1.49. The van der Waals surface area contributed by atoms with Crippen molar-refractivity contribution in [2.45, 2.75) is 51.8 Å². The van der Waals surface area contributed by atoms with Gasteiger partial charge in [0.1, 0.15) is 6.10 Å². The van der Waals surface area contributed by atoms with E-state index in [1.54, 1.807) is 6.92 Å². The van der Waals surface area contributed by atoms with Gasteiger partial charge in [-0.15, -0.1) is 0 Å². The molecule has 0 spiro atoms. The molecule has 1 aliphatic heterocycles. The summed E-state index contributed by atoms with van der Waals surface area (Å²) in [6.07, 6.45) is 0.647. The zero-order chi connectivity index (χ0) is 19.7. The highest BCUT2D eigenvalue weighted by Gasteiger charge is 2.63. The Morgan fingerprint density at radius 2 is 2.15 bits per heavy atom. The second kappa shape index (κ2) is 7.54. The first-order valence-corrected chi connectivity index (χ1v) is 10.3. The van der Waals surface area contributed by atoms with Gasteiger partial charge in [-0.3, -0.25) is 9.59 Å². The molecule has 0 amide bonds. The SMILES string of the molecule is CCOC(=O)[C@]1(C(C)(C)CC)C[C@@H](CSc2nc3ccccc3[nH]2)OC1=O. The summed E-state index contributed by atoms with van der Waals surface area (Å²) in [5, 5.41) is 0.774. The van der Waals surface area contributed by atoms with Crippen molar-refractivity contribution in [2.24, 2.45) is 10.8 Å². The maximum absolute atomic E-state index is 12.8. The molecule has 0 unspecified atom stereocenters. The highest BCUT2D eigenvalue weighted by atomic mass is 32.2. The van der Waals surface area contributed by atoms with Crippen LogP contribution in [-0.4, -0.2) is 40.4 Å². The first kappa shape index (κ1) is 19.7. The minimum atomic E-state index is -1.25. The Labute approximate surface area is 163 Å². The predicted octanol–water partition coefficient (Wildman–Crippen LogP) is 3.96. The summed E-state index contributed by atoms with van der Waals surface area (Å²) in [4.78, 5) is 33.4. The molecule has 146 valence electrons. The number of nitrogens with one attached hydrogen (secondary N) is 1. The fraction of sp³-hybridized carbons (Fsp3) is 0.550. The van der Waals surface area contributed by atoms with E-state index in [9.17, 15) is 9.59 Å². The molecule has 1 N–H and O–H groups in total. The van der Waals surface area contributed by atoms with Gasteiger partial charge in [-0.25, -0.2) is 4.98 Å². The topological polar surface area (TPSA) is 81.3 Å². The molecule has 0 saturated carbocycles. The third-order valence-corrected chi connectivity index (χ3v) is 6.60. The van der Waals surface area contributed by atoms with Gasteiger partial charge in [-0.2, -0.15) is 0 Å². The summed E-state index contributed by atoms with van der Waals surface area (Å²) < 4.78 is 10.9. The molecule has 6 nitrogen and oxygen atoms in total. The van der Waals surface area contributed by atoms with Gasteiger partial charge in [0.15, 0.2) is 10.6 Å². The number of benzene rings is 1. The summed E-state index contributed by atoms with van der Waals surface area (Å²) in [6, 6.07) is 7.81. The highest BCUT2D eigenvalue weighted by molar-refractivity contribution is 7.99. The van der Waals surface area contributed by atoms with Gasteiger partial charge < -0.3 is 14.5 Å². The van der Waals surface area contributed by atoms with Crippen LogP contribution < -0.4 is 0 Å². The molecule has 1 aromatic heterocycles. The zero-order valence-corrected chi connectivity index (χ0v) is 17.0. The Kier molecular flexibility index (Phi) is 5.51. The molecular formula is C20H26N2O4S. The summed E-state index contributed by atoms with van der Waals surface area (Å²) in [6.45, 7) is 7.83. The number of carbonyl (C=O) groups is 2. The van der Waals surface area contributed by atoms with Crippen LogP contribution in [0.2, 0.25) is 0 Å². The number of aromatic amines is 1. The van der Waals surface area contributed by atoms with Crippen molar-refractivity contribution < 1.29 is 19.1 Å². The van der Waals surface area contributed by atoms with Gasteiger partial charge in [-0.1, -0.05) is 44.7 Å². The molecule has 2 atom stereocenters. The van der Waals surface area contributed by atoms with E-state index in [0.29, 0.717) is 18.6 Å². The van der Waals surface area contributed by atoms with E-state index in [1.165, 1.54) is 11.8 Å². The number of fused-ring (bicyclic) bond motifs is 1. The minimum Gasteiger partial charge on any atom is -0.465 e. The van der Waals surface area contributed by atoms with E-state index in [2.05, 4.69) is 9.97 Å². The van der Waals surface area contributed by atoms with Crippen LogP contribution in [0.15, 0.2) is 29.4 Å².